The van der Waals surface area contributed by atoms with E-state index in [2.05, 4.69) is 25.6 Å². The van der Waals surface area contributed by atoms with Gasteiger partial charge in [-0.3, -0.25) is 0 Å². The van der Waals surface area contributed by atoms with Crippen LogP contribution in [0.4, 0.5) is 38.4 Å². The number of carbonyl (C=O) groups is 1. The highest BCUT2D eigenvalue weighted by atomic mass is 19.4. The van der Waals surface area contributed by atoms with Crippen molar-refractivity contribution in [2.24, 2.45) is 0 Å². The first-order valence-electron chi connectivity index (χ1n) is 15.1. The second-order valence-electron chi connectivity index (χ2n) is 12.5. The molecule has 1 aliphatic heterocycles. The van der Waals surface area contributed by atoms with E-state index in [9.17, 15) is 31.9 Å². The zero-order chi connectivity index (χ0) is 34.8. The lowest BCUT2D eigenvalue weighted by Crippen LogP contribution is -2.51. The summed E-state index contributed by atoms with van der Waals surface area (Å²) < 4.78 is 79.9. The normalized spacial score (nSPS) is 17.6. The summed E-state index contributed by atoms with van der Waals surface area (Å²) in [4.78, 5) is 27.2. The summed E-state index contributed by atoms with van der Waals surface area (Å²) in [6, 6.07) is 10.2. The van der Waals surface area contributed by atoms with Gasteiger partial charge in [-0.05, 0) is 63.6 Å². The van der Waals surface area contributed by atoms with Gasteiger partial charge >= 0.3 is 12.3 Å². The number of aryl methyl sites for hydroxylation is 1. The number of carbonyl (C=O) groups excluding carboxylic acids is 1. The molecule has 3 heterocycles. The number of aromatic nitrogens is 3. The summed E-state index contributed by atoms with van der Waals surface area (Å²) in [6.45, 7) is 6.09. The quantitative estimate of drug-likeness (QED) is 0.169. The Morgan fingerprint density at radius 3 is 2.54 bits per heavy atom. The molecule has 15 heteroatoms. The van der Waals surface area contributed by atoms with Gasteiger partial charge in [0.05, 0.1) is 23.5 Å². The molecule has 2 aromatic heterocycles. The van der Waals surface area contributed by atoms with Crippen LogP contribution in [0.1, 0.15) is 32.8 Å². The molecule has 48 heavy (non-hydrogen) atoms. The van der Waals surface area contributed by atoms with Crippen molar-refractivity contribution in [2.75, 3.05) is 30.3 Å². The number of aliphatic hydroxyl groups excluding tert-OH is 1. The fourth-order valence-corrected chi connectivity index (χ4v) is 5.23. The lowest BCUT2D eigenvalue weighted by Gasteiger charge is -2.36. The van der Waals surface area contributed by atoms with Crippen LogP contribution in [0, 0.1) is 12.7 Å². The van der Waals surface area contributed by atoms with Gasteiger partial charge < -0.3 is 30.1 Å². The Labute approximate surface area is 273 Å². The van der Waals surface area contributed by atoms with E-state index in [-0.39, 0.29) is 48.2 Å². The van der Waals surface area contributed by atoms with Crippen molar-refractivity contribution < 1.29 is 41.3 Å². The minimum Gasteiger partial charge on any atom is -0.444 e. The predicted octanol–water partition coefficient (Wildman–Crippen LogP) is 7.03. The van der Waals surface area contributed by atoms with Crippen LogP contribution in [0.3, 0.4) is 0 Å². The van der Waals surface area contributed by atoms with Gasteiger partial charge in [-0.15, -0.1) is 0 Å². The van der Waals surface area contributed by atoms with Gasteiger partial charge in [0.25, 0.3) is 0 Å². The lowest BCUT2D eigenvalue weighted by molar-refractivity contribution is -0.198. The second kappa shape index (κ2) is 13.7. The topological polar surface area (TPSA) is 122 Å². The molecule has 0 saturated carbocycles. The van der Waals surface area contributed by atoms with Crippen LogP contribution in [0.5, 0.6) is 11.6 Å². The molecule has 0 spiro atoms. The smallest absolute Gasteiger partial charge is 0.416 e. The molecule has 3 atom stereocenters. The molecule has 256 valence electrons. The van der Waals surface area contributed by atoms with Gasteiger partial charge in [0.2, 0.25) is 11.8 Å². The van der Waals surface area contributed by atoms with E-state index in [4.69, 9.17) is 9.47 Å². The summed E-state index contributed by atoms with van der Waals surface area (Å²) in [5, 5.41) is 15.5. The van der Waals surface area contributed by atoms with Crippen LogP contribution < -0.4 is 15.4 Å². The van der Waals surface area contributed by atoms with Crippen molar-refractivity contribution in [2.45, 2.75) is 64.2 Å². The number of nitrogens with zero attached hydrogens (tertiary/aromatic N) is 4. The van der Waals surface area contributed by atoms with Gasteiger partial charge in [-0.1, -0.05) is 12.1 Å². The number of amides is 1. The number of benzene rings is 2. The van der Waals surface area contributed by atoms with Crippen molar-refractivity contribution >= 4 is 28.5 Å². The van der Waals surface area contributed by atoms with Crippen LogP contribution in [0.15, 0.2) is 54.9 Å². The Bertz CT molecular complexity index is 1780. The van der Waals surface area contributed by atoms with E-state index in [1.807, 2.05) is 0 Å². The van der Waals surface area contributed by atoms with Crippen molar-refractivity contribution in [1.29, 1.82) is 0 Å². The van der Waals surface area contributed by atoms with Crippen molar-refractivity contribution in [3.63, 3.8) is 0 Å². The third-order valence-corrected chi connectivity index (χ3v) is 7.43. The Morgan fingerprint density at radius 1 is 1.06 bits per heavy atom. The number of hydrogen-bond acceptors (Lipinski definition) is 9. The van der Waals surface area contributed by atoms with E-state index >= 15 is 0 Å². The van der Waals surface area contributed by atoms with Gasteiger partial charge in [-0.2, -0.15) is 13.2 Å². The number of nitrogens with one attached hydrogen (secondary N) is 2. The number of ether oxygens (including phenoxy) is 2. The molecule has 0 radical (unpaired) electrons. The number of rotatable bonds is 8. The molecule has 1 saturated heterocycles. The predicted molar refractivity (Wildman–Crippen MR) is 169 cm³/mol. The maximum atomic E-state index is 14.8. The molecule has 5 rings (SSSR count). The number of alkyl halides is 4. The first-order valence-corrected chi connectivity index (χ1v) is 15.1. The lowest BCUT2D eigenvalue weighted by atomic mass is 10.0. The first kappa shape index (κ1) is 34.5. The maximum absolute atomic E-state index is 14.8. The molecular formula is C33H35F5N6O4. The minimum atomic E-state index is -4.88. The largest absolute Gasteiger partial charge is 0.444 e. The molecule has 10 nitrogen and oxygen atoms in total. The average Bonchev–Trinajstić information content (AvgIpc) is 3.00. The summed E-state index contributed by atoms with van der Waals surface area (Å²) in [6.07, 6.45) is -6.35. The van der Waals surface area contributed by atoms with Crippen LogP contribution in [0.25, 0.3) is 22.0 Å². The summed E-state index contributed by atoms with van der Waals surface area (Å²) >= 11 is 0. The fourth-order valence-electron chi connectivity index (χ4n) is 5.23. The monoisotopic (exact) mass is 674 g/mol. The zero-order valence-electron chi connectivity index (χ0n) is 26.6. The van der Waals surface area contributed by atoms with E-state index in [1.165, 1.54) is 23.4 Å². The number of aliphatic hydroxyl groups is 1. The SMILES string of the molecule is Cc1ccc2c(NCC(O)C(F)(F)F)c(F)ccc2c1Oc1ncccc1-c1ccnc(N[C@@H]2C[C@@H](F)CN(C(=O)OC(C)(C)C)C2)n1. The minimum absolute atomic E-state index is 0.0856. The molecule has 1 fully saturated rings. The number of anilines is 2. The molecule has 0 bridgehead atoms. The molecule has 4 aromatic rings. The summed E-state index contributed by atoms with van der Waals surface area (Å²) in [5.41, 5.74) is 0.529. The maximum Gasteiger partial charge on any atom is 0.416 e. The van der Waals surface area contributed by atoms with Gasteiger partial charge in [0.1, 0.15) is 23.3 Å². The van der Waals surface area contributed by atoms with Crippen molar-refractivity contribution in [1.82, 2.24) is 19.9 Å². The number of hydrogen-bond donors (Lipinski definition) is 3. The number of fused-ring (bicyclic) bond motifs is 1. The fraction of sp³-hybridized carbons (Fsp3) is 0.394. The van der Waals surface area contributed by atoms with E-state index < -0.39 is 48.6 Å². The average molecular weight is 675 g/mol. The summed E-state index contributed by atoms with van der Waals surface area (Å²) in [7, 11) is 0. The third-order valence-electron chi connectivity index (χ3n) is 7.43. The van der Waals surface area contributed by atoms with Gasteiger partial charge in [0, 0.05) is 48.7 Å². The van der Waals surface area contributed by atoms with Gasteiger partial charge in [0.15, 0.2) is 6.10 Å². The first-order chi connectivity index (χ1) is 22.6. The molecule has 2 aromatic carbocycles. The molecule has 1 aliphatic rings. The highest BCUT2D eigenvalue weighted by Gasteiger charge is 2.38. The zero-order valence-corrected chi connectivity index (χ0v) is 26.6. The second-order valence-corrected chi connectivity index (χ2v) is 12.5. The molecular weight excluding hydrogens is 639 g/mol. The number of piperidine rings is 1. The molecule has 0 aliphatic carbocycles. The number of pyridine rings is 1. The molecule has 3 N–H and O–H groups in total. The number of likely N-dealkylation sites (tertiary alicyclic amines) is 1. The van der Waals surface area contributed by atoms with E-state index in [0.29, 0.717) is 22.2 Å². The Morgan fingerprint density at radius 2 is 1.81 bits per heavy atom. The van der Waals surface area contributed by atoms with Gasteiger partial charge in [-0.25, -0.2) is 28.5 Å². The van der Waals surface area contributed by atoms with Crippen molar-refractivity contribution in [3.05, 3.63) is 66.2 Å². The Balaban J connectivity index is 1.40. The van der Waals surface area contributed by atoms with Crippen LogP contribution in [-0.4, -0.2) is 80.8 Å². The third kappa shape index (κ3) is 8.19. The molecule has 1 unspecified atom stereocenters. The van der Waals surface area contributed by atoms with E-state index in [0.717, 1.165) is 6.07 Å². The Hall–Kier alpha value is -4.79. The standard InChI is InChI=1S/C33H35F5N6O4/c1-18-7-8-21-22(9-10-24(35)27(21)41-15-26(45)33(36,37)38)28(18)47-29-23(6-5-12-39-29)25-11-13-40-30(43-25)42-20-14-19(34)16-44(17-20)31(46)48-32(2,3)4/h5-13,19-20,26,41,45H,14-17H2,1-4H3,(H,40,42,43)/t19-,20-,26?/m1/s1. The molecule has 1 amide bonds. The number of halogens is 5. The van der Waals surface area contributed by atoms with Crippen LogP contribution >= 0.6 is 0 Å². The highest BCUT2D eigenvalue weighted by Crippen LogP contribution is 2.39. The van der Waals surface area contributed by atoms with Crippen molar-refractivity contribution in [3.8, 4) is 22.9 Å². The highest BCUT2D eigenvalue weighted by molar-refractivity contribution is 5.99. The van der Waals surface area contributed by atoms with Crippen LogP contribution in [0.2, 0.25) is 0 Å². The Kier molecular flexibility index (Phi) is 9.89. The van der Waals surface area contributed by atoms with Crippen LogP contribution in [-0.2, 0) is 4.74 Å². The van der Waals surface area contributed by atoms with E-state index in [1.54, 1.807) is 58.0 Å². The summed E-state index contributed by atoms with van der Waals surface area (Å²) in [5.74, 6) is -0.226.